The molecule has 78 heavy (non-hydrogen) atoms. The summed E-state index contributed by atoms with van der Waals surface area (Å²) < 4.78 is 13.9. The number of rotatable bonds is 22. The van der Waals surface area contributed by atoms with Gasteiger partial charge in [0.05, 0.1) is 11.6 Å². The lowest BCUT2D eigenvalue weighted by atomic mass is 9.82. The van der Waals surface area contributed by atoms with Crippen LogP contribution in [0, 0.1) is 18.8 Å². The van der Waals surface area contributed by atoms with Crippen molar-refractivity contribution in [2.24, 2.45) is 46.2 Å². The van der Waals surface area contributed by atoms with Gasteiger partial charge >= 0.3 is 0 Å². The molecule has 13 N–H and O–H groups in total. The van der Waals surface area contributed by atoms with Gasteiger partial charge in [-0.15, -0.1) is 0 Å². The van der Waals surface area contributed by atoms with E-state index in [-0.39, 0.29) is 31.3 Å². The fourth-order valence-electron chi connectivity index (χ4n) is 7.06. The number of nitrogens with one attached hydrogen (secondary N) is 1. The number of carbonyl (C=O) groups excluding carboxylic acids is 6. The van der Waals surface area contributed by atoms with Gasteiger partial charge in [0.25, 0.3) is 0 Å². The van der Waals surface area contributed by atoms with E-state index in [1.807, 2.05) is 106 Å². The Kier molecular flexibility index (Phi) is 66.5. The van der Waals surface area contributed by atoms with Crippen LogP contribution in [0.15, 0.2) is 152 Å². The van der Waals surface area contributed by atoms with Crippen LogP contribution >= 0.6 is 18.2 Å². The molecule has 0 bridgehead atoms. The van der Waals surface area contributed by atoms with E-state index in [0.29, 0.717) is 34.2 Å². The first-order chi connectivity index (χ1) is 38.2. The molecule has 0 radical (unpaired) electrons. The van der Waals surface area contributed by atoms with E-state index in [0.717, 1.165) is 69.1 Å². The number of aryl methyl sites for hydroxylation is 2. The lowest BCUT2D eigenvalue weighted by Gasteiger charge is -2.26. The summed E-state index contributed by atoms with van der Waals surface area (Å²) >= 11 is 0. The molecule has 0 aliphatic carbocycles. The number of aldehydes is 1. The Bertz CT molecular complexity index is 2140. The highest BCUT2D eigenvalue weighted by Gasteiger charge is 2.22. The molecule has 0 saturated heterocycles. The van der Waals surface area contributed by atoms with Crippen molar-refractivity contribution in [3.05, 3.63) is 174 Å². The highest BCUT2D eigenvalue weighted by molar-refractivity contribution is 7.35. The van der Waals surface area contributed by atoms with Crippen molar-refractivity contribution in [1.82, 2.24) is 9.65 Å². The molecule has 0 fully saturated rings. The molecule has 1 aromatic heterocycles. The van der Waals surface area contributed by atoms with Gasteiger partial charge in [-0.25, -0.2) is 0 Å². The molecule has 434 valence electrons. The molecule has 16 nitrogen and oxygen atoms in total. The standard InChI is InChI=1S/C35H44N2O4P2.C7H8.C6H6.C4H11N.C2H6.3CH3NO.2CH5N.CH2O/c1-43-37-24-31(34-12-5-6-13-35(34)37)21-30(18-19-38)20-29(22-33(41-42)23-36-26-39)11-7-10-27-14-16-32(17-15-27)40-25-28-8-3-2-4-9-28;1-7-5-3-2-4-6-7;1-2-4-6-5-3-1;1-2-3-4-5;1-2;3*2-1-3;3*1-2/h2-6,8-9,12-17,19,24,26,29-30,33,43H,7,10-11,18,20-23,25,42H2,1H3,(H,36,39);2-6H,1H3;1-6H;2-5H2,1H3;1-2H3;3*1H,(H2,2,3);2*2H2,1H3;1H2. The molecule has 4 amide bonds. The van der Waals surface area contributed by atoms with Gasteiger partial charge in [-0.3, -0.25) is 19.2 Å². The number of fused-ring (bicyclic) bond motifs is 1. The van der Waals surface area contributed by atoms with Gasteiger partial charge < -0.3 is 62.9 Å². The molecule has 6 aromatic rings. The van der Waals surface area contributed by atoms with Crippen LogP contribution in [0.3, 0.4) is 0 Å². The van der Waals surface area contributed by atoms with Crippen molar-refractivity contribution in [2.75, 3.05) is 33.8 Å². The van der Waals surface area contributed by atoms with Crippen LogP contribution < -0.4 is 44.5 Å². The fourth-order valence-corrected chi connectivity index (χ4v) is 7.99. The van der Waals surface area contributed by atoms with Crippen molar-refractivity contribution in [3.63, 3.8) is 0 Å². The zero-order valence-electron chi connectivity index (χ0n) is 47.5. The Balaban J connectivity index is -0.000000410. The number of nitrogens with two attached hydrogens (primary N) is 6. The minimum Gasteiger partial charge on any atom is -0.489 e. The van der Waals surface area contributed by atoms with E-state index < -0.39 is 0 Å². The van der Waals surface area contributed by atoms with Gasteiger partial charge in [0.1, 0.15) is 25.4 Å². The lowest BCUT2D eigenvalue weighted by molar-refractivity contribution is -0.110. The Morgan fingerprint density at radius 1 is 0.679 bits per heavy atom. The van der Waals surface area contributed by atoms with Gasteiger partial charge in [0.2, 0.25) is 25.6 Å². The minimum absolute atomic E-state index is 0.0960. The maximum absolute atomic E-state index is 11.8. The topological polar surface area (TPSA) is 294 Å². The predicted octanol–water partition coefficient (Wildman–Crippen LogP) is 9.10. The molecule has 18 heteroatoms. The molecule has 5 unspecified atom stereocenters. The zero-order chi connectivity index (χ0) is 59.9. The summed E-state index contributed by atoms with van der Waals surface area (Å²) in [6.45, 7) is 14.3. The molecular weight excluding hydrogens is 1020 g/mol. The Labute approximate surface area is 471 Å². The molecule has 0 saturated carbocycles. The summed E-state index contributed by atoms with van der Waals surface area (Å²) in [5.74, 6) is 1.47. The number of ether oxygens (including phenoxy) is 1. The number of hydrogen-bond donors (Lipinski definition) is 7. The molecule has 0 aliphatic rings. The average Bonchev–Trinajstić information content (AvgIpc) is 3.85. The van der Waals surface area contributed by atoms with Crippen molar-refractivity contribution in [1.29, 1.82) is 0 Å². The maximum Gasteiger partial charge on any atom is 0.207 e. The number of amides is 4. The first-order valence-corrected chi connectivity index (χ1v) is 27.7. The summed E-state index contributed by atoms with van der Waals surface area (Å²) in [5, 5.41) is 4.05. The van der Waals surface area contributed by atoms with E-state index >= 15 is 0 Å². The SMILES string of the molecule is C=O.CC.CCCCN.CN.CN.CPn1cc(CC(CC=O)CC(CCCc2ccc(OCc3ccccc3)cc2)CC(CNC=O)OP)c2ccccc21.Cc1ccccc1.NC=O.NC=O.NC=O.c1ccccc1. The monoisotopic (exact) mass is 1120 g/mol. The van der Waals surface area contributed by atoms with Crippen molar-refractivity contribution < 1.29 is 38.0 Å². The number of nitrogens with zero attached hydrogens (tertiary/aromatic N) is 1. The Hall–Kier alpha value is -6.64. The third-order valence-electron chi connectivity index (χ3n) is 10.3. The van der Waals surface area contributed by atoms with Crippen LogP contribution in [-0.2, 0) is 52.7 Å². The second kappa shape index (κ2) is 64.6. The Morgan fingerprint density at radius 3 is 1.59 bits per heavy atom. The fraction of sp³-hybridized carbons (Fsp3) is 0.367. The van der Waals surface area contributed by atoms with Gasteiger partial charge in [0, 0.05) is 34.0 Å². The van der Waals surface area contributed by atoms with E-state index in [2.05, 4.69) is 135 Å². The van der Waals surface area contributed by atoms with Crippen molar-refractivity contribution in [3.8, 4) is 5.75 Å². The van der Waals surface area contributed by atoms with Crippen molar-refractivity contribution >= 4 is 67.8 Å². The second-order valence-corrected chi connectivity index (χ2v) is 16.7. The smallest absolute Gasteiger partial charge is 0.207 e. The number of aromatic nitrogens is 1. The highest BCUT2D eigenvalue weighted by atomic mass is 31.1. The molecule has 0 spiro atoms. The van der Waals surface area contributed by atoms with Gasteiger partial charge in [-0.2, -0.15) is 0 Å². The highest BCUT2D eigenvalue weighted by Crippen LogP contribution is 2.33. The lowest BCUT2D eigenvalue weighted by Crippen LogP contribution is -2.29. The zero-order valence-corrected chi connectivity index (χ0v) is 49.7. The van der Waals surface area contributed by atoms with Crippen molar-refractivity contribution in [2.45, 2.75) is 98.2 Å². The van der Waals surface area contributed by atoms with Crippen LogP contribution in [0.1, 0.15) is 88.0 Å². The summed E-state index contributed by atoms with van der Waals surface area (Å²) in [7, 11) is 6.02. The molecule has 5 aromatic carbocycles. The van der Waals surface area contributed by atoms with E-state index in [9.17, 15) is 9.59 Å². The summed E-state index contributed by atoms with van der Waals surface area (Å²) in [5.41, 5.74) is 33.0. The number of hydrogen-bond acceptors (Lipinski definition) is 11. The average molecular weight is 1120 g/mol. The minimum atomic E-state index is -0.0960. The van der Waals surface area contributed by atoms with Crippen LogP contribution in [-0.4, -0.2) is 83.0 Å². The van der Waals surface area contributed by atoms with Crippen LogP contribution in [0.25, 0.3) is 10.9 Å². The third-order valence-corrected chi connectivity index (χ3v) is 11.5. The number of benzene rings is 5. The van der Waals surface area contributed by atoms with E-state index in [1.165, 1.54) is 54.5 Å². The van der Waals surface area contributed by atoms with Gasteiger partial charge in [0.15, 0.2) is 0 Å². The van der Waals surface area contributed by atoms with Crippen LogP contribution in [0.4, 0.5) is 0 Å². The number of carbonyl (C=O) groups is 6. The number of unbranched alkanes of at least 4 members (excludes halogenated alkanes) is 1. The normalized spacial score (nSPS) is 10.2. The first kappa shape index (κ1) is 80.2. The number of para-hydroxylation sites is 1. The van der Waals surface area contributed by atoms with Gasteiger partial charge in [-0.05, 0) is 128 Å². The van der Waals surface area contributed by atoms with Crippen LogP contribution in [0.2, 0.25) is 0 Å². The van der Waals surface area contributed by atoms with Gasteiger partial charge in [-0.1, -0.05) is 167 Å². The van der Waals surface area contributed by atoms with E-state index in [4.69, 9.17) is 34.2 Å². The quantitative estimate of drug-likeness (QED) is 0.0248. The number of primary amides is 3. The summed E-state index contributed by atoms with van der Waals surface area (Å²) in [4.78, 5) is 56.5. The molecule has 5 atom stereocenters. The Morgan fingerprint density at radius 2 is 1.17 bits per heavy atom. The maximum atomic E-state index is 11.8. The summed E-state index contributed by atoms with van der Waals surface area (Å²) in [6, 6.07) is 49.4. The van der Waals surface area contributed by atoms with Crippen LogP contribution in [0.5, 0.6) is 5.75 Å². The second-order valence-electron chi connectivity index (χ2n) is 15.5. The molecular formula is C60H96N8O8P2. The molecule has 1 heterocycles. The molecule has 6 rings (SSSR count). The largest absolute Gasteiger partial charge is 0.489 e. The third kappa shape index (κ3) is 45.5. The molecule has 0 aliphatic heterocycles. The predicted molar refractivity (Wildman–Crippen MR) is 332 cm³/mol. The van der Waals surface area contributed by atoms with E-state index in [1.54, 1.807) is 0 Å². The first-order valence-electron chi connectivity index (χ1n) is 25.8. The summed E-state index contributed by atoms with van der Waals surface area (Å²) in [6.07, 6.45) is 13.3.